The first-order valence-electron chi connectivity index (χ1n) is 6.65. The number of nitro groups is 1. The molecule has 0 aromatic heterocycles. The number of benzene rings is 2. The molecule has 1 aliphatic rings. The van der Waals surface area contributed by atoms with Gasteiger partial charge in [0.15, 0.2) is 0 Å². The standard InChI is InChI=1S/C16H12N2O4/c1-9-6-7-10(2)13(8-9)17-15(19)11-4-3-5-12(18(21)22)14(11)16(17)20/h3-8H,1-2H3. The van der Waals surface area contributed by atoms with Crippen LogP contribution in [0.4, 0.5) is 11.4 Å². The molecule has 0 unspecified atom stereocenters. The zero-order valence-electron chi connectivity index (χ0n) is 12.0. The lowest BCUT2D eigenvalue weighted by Crippen LogP contribution is -2.30. The zero-order valence-corrected chi connectivity index (χ0v) is 12.0. The number of aryl methyl sites for hydroxylation is 2. The molecule has 1 aliphatic heterocycles. The molecule has 0 N–H and O–H groups in total. The number of nitro benzene ring substituents is 1. The smallest absolute Gasteiger partial charge is 0.268 e. The molecule has 110 valence electrons. The fourth-order valence-corrected chi connectivity index (χ4v) is 2.60. The Hall–Kier alpha value is -3.02. The first-order chi connectivity index (χ1) is 10.4. The Morgan fingerprint density at radius 1 is 1.05 bits per heavy atom. The van der Waals surface area contributed by atoms with E-state index in [2.05, 4.69) is 0 Å². The van der Waals surface area contributed by atoms with E-state index < -0.39 is 16.7 Å². The Morgan fingerprint density at radius 3 is 2.45 bits per heavy atom. The van der Waals surface area contributed by atoms with Crippen LogP contribution >= 0.6 is 0 Å². The molecule has 3 rings (SSSR count). The number of rotatable bonds is 2. The summed E-state index contributed by atoms with van der Waals surface area (Å²) in [6.07, 6.45) is 0. The van der Waals surface area contributed by atoms with E-state index in [1.807, 2.05) is 19.1 Å². The molecule has 2 amide bonds. The van der Waals surface area contributed by atoms with Crippen molar-refractivity contribution >= 4 is 23.2 Å². The molecule has 6 nitrogen and oxygen atoms in total. The third-order valence-electron chi connectivity index (χ3n) is 3.70. The maximum atomic E-state index is 12.6. The van der Waals surface area contributed by atoms with Crippen molar-refractivity contribution in [3.63, 3.8) is 0 Å². The Kier molecular flexibility index (Phi) is 3.02. The summed E-state index contributed by atoms with van der Waals surface area (Å²) in [6.45, 7) is 3.64. The summed E-state index contributed by atoms with van der Waals surface area (Å²) in [4.78, 5) is 36.6. The van der Waals surface area contributed by atoms with Gasteiger partial charge in [-0.2, -0.15) is 0 Å². The number of fused-ring (bicyclic) bond motifs is 1. The molecule has 0 saturated carbocycles. The molecule has 0 saturated heterocycles. The minimum Gasteiger partial charge on any atom is -0.268 e. The lowest BCUT2D eigenvalue weighted by Gasteiger charge is -2.17. The molecular weight excluding hydrogens is 284 g/mol. The number of amides is 2. The Bertz CT molecular complexity index is 842. The summed E-state index contributed by atoms with van der Waals surface area (Å²) < 4.78 is 0. The molecule has 0 radical (unpaired) electrons. The molecule has 2 aromatic rings. The molecule has 0 atom stereocenters. The number of hydrogen-bond acceptors (Lipinski definition) is 4. The minimum atomic E-state index is -0.652. The maximum Gasteiger partial charge on any atom is 0.283 e. The molecule has 22 heavy (non-hydrogen) atoms. The second kappa shape index (κ2) is 4.77. The predicted molar refractivity (Wildman–Crippen MR) is 80.2 cm³/mol. The van der Waals surface area contributed by atoms with Gasteiger partial charge in [-0.3, -0.25) is 19.7 Å². The van der Waals surface area contributed by atoms with Crippen molar-refractivity contribution in [1.29, 1.82) is 0 Å². The van der Waals surface area contributed by atoms with E-state index in [1.165, 1.54) is 18.2 Å². The van der Waals surface area contributed by atoms with Gasteiger partial charge in [0.1, 0.15) is 5.56 Å². The number of anilines is 1. The average molecular weight is 296 g/mol. The highest BCUT2D eigenvalue weighted by molar-refractivity contribution is 6.35. The van der Waals surface area contributed by atoms with E-state index in [0.29, 0.717) is 5.69 Å². The molecule has 6 heteroatoms. The van der Waals surface area contributed by atoms with Crippen molar-refractivity contribution in [2.24, 2.45) is 0 Å². The van der Waals surface area contributed by atoms with Crippen LogP contribution in [0.2, 0.25) is 0 Å². The number of carbonyl (C=O) groups is 2. The van der Waals surface area contributed by atoms with Crippen LogP contribution in [0.25, 0.3) is 0 Å². The zero-order chi connectivity index (χ0) is 16.0. The lowest BCUT2D eigenvalue weighted by molar-refractivity contribution is -0.385. The van der Waals surface area contributed by atoms with Crippen LogP contribution < -0.4 is 4.90 Å². The Labute approximate surface area is 126 Å². The van der Waals surface area contributed by atoms with Crippen molar-refractivity contribution in [3.05, 3.63) is 68.8 Å². The third-order valence-corrected chi connectivity index (χ3v) is 3.70. The number of imide groups is 1. The first kappa shape index (κ1) is 13.9. The summed E-state index contributed by atoms with van der Waals surface area (Å²) in [5, 5.41) is 11.1. The van der Waals surface area contributed by atoms with Gasteiger partial charge in [-0.15, -0.1) is 0 Å². The summed E-state index contributed by atoms with van der Waals surface area (Å²) in [7, 11) is 0. The summed E-state index contributed by atoms with van der Waals surface area (Å²) >= 11 is 0. The topological polar surface area (TPSA) is 80.5 Å². The molecule has 0 bridgehead atoms. The van der Waals surface area contributed by atoms with E-state index >= 15 is 0 Å². The van der Waals surface area contributed by atoms with Crippen molar-refractivity contribution in [1.82, 2.24) is 0 Å². The van der Waals surface area contributed by atoms with Gasteiger partial charge in [0, 0.05) is 6.07 Å². The van der Waals surface area contributed by atoms with E-state index in [-0.39, 0.29) is 16.8 Å². The van der Waals surface area contributed by atoms with Crippen LogP contribution in [0.1, 0.15) is 31.8 Å². The van der Waals surface area contributed by atoms with Gasteiger partial charge in [-0.25, -0.2) is 4.90 Å². The molecule has 0 fully saturated rings. The quantitative estimate of drug-likeness (QED) is 0.484. The fourth-order valence-electron chi connectivity index (χ4n) is 2.60. The highest BCUT2D eigenvalue weighted by Gasteiger charge is 2.42. The maximum absolute atomic E-state index is 12.6. The third kappa shape index (κ3) is 1.88. The van der Waals surface area contributed by atoms with Crippen LogP contribution in [0, 0.1) is 24.0 Å². The van der Waals surface area contributed by atoms with Gasteiger partial charge in [0.25, 0.3) is 17.5 Å². The monoisotopic (exact) mass is 296 g/mol. The van der Waals surface area contributed by atoms with Crippen LogP contribution in [0.5, 0.6) is 0 Å². The molecular formula is C16H12N2O4. The van der Waals surface area contributed by atoms with Gasteiger partial charge in [0.05, 0.1) is 16.2 Å². The van der Waals surface area contributed by atoms with E-state index in [9.17, 15) is 19.7 Å². The van der Waals surface area contributed by atoms with Gasteiger partial charge >= 0.3 is 0 Å². The molecule has 1 heterocycles. The van der Waals surface area contributed by atoms with Gasteiger partial charge in [-0.05, 0) is 37.1 Å². The van der Waals surface area contributed by atoms with E-state index in [0.717, 1.165) is 16.0 Å². The molecule has 2 aromatic carbocycles. The molecule has 0 spiro atoms. The van der Waals surface area contributed by atoms with Gasteiger partial charge < -0.3 is 0 Å². The van der Waals surface area contributed by atoms with Crippen LogP contribution in [-0.4, -0.2) is 16.7 Å². The highest BCUT2D eigenvalue weighted by Crippen LogP contribution is 2.35. The Morgan fingerprint density at radius 2 is 1.77 bits per heavy atom. The highest BCUT2D eigenvalue weighted by atomic mass is 16.6. The average Bonchev–Trinajstić information content (AvgIpc) is 2.74. The second-order valence-electron chi connectivity index (χ2n) is 5.19. The van der Waals surface area contributed by atoms with Crippen molar-refractivity contribution in [2.45, 2.75) is 13.8 Å². The van der Waals surface area contributed by atoms with Crippen molar-refractivity contribution in [2.75, 3.05) is 4.90 Å². The van der Waals surface area contributed by atoms with Crippen molar-refractivity contribution < 1.29 is 14.5 Å². The number of hydrogen-bond donors (Lipinski definition) is 0. The van der Waals surface area contributed by atoms with Crippen LogP contribution in [-0.2, 0) is 0 Å². The predicted octanol–water partition coefficient (Wildman–Crippen LogP) is 3.01. The van der Waals surface area contributed by atoms with Gasteiger partial charge in [-0.1, -0.05) is 18.2 Å². The molecule has 0 aliphatic carbocycles. The normalized spacial score (nSPS) is 13.5. The van der Waals surface area contributed by atoms with Crippen LogP contribution in [0.15, 0.2) is 36.4 Å². The Balaban J connectivity index is 2.21. The van der Waals surface area contributed by atoms with Crippen molar-refractivity contribution in [3.8, 4) is 0 Å². The summed E-state index contributed by atoms with van der Waals surface area (Å²) in [5.74, 6) is -1.18. The second-order valence-corrected chi connectivity index (χ2v) is 5.19. The minimum absolute atomic E-state index is 0.0695. The lowest BCUT2D eigenvalue weighted by atomic mass is 10.1. The van der Waals surface area contributed by atoms with Crippen LogP contribution in [0.3, 0.4) is 0 Å². The SMILES string of the molecule is Cc1ccc(C)c(N2C(=O)c3cccc([N+](=O)[O-])c3C2=O)c1. The fraction of sp³-hybridized carbons (Fsp3) is 0.125. The van der Waals surface area contributed by atoms with Gasteiger partial charge in [0.2, 0.25) is 0 Å². The summed E-state index contributed by atoms with van der Waals surface area (Å²) in [5.41, 5.74) is 1.69. The summed E-state index contributed by atoms with van der Waals surface area (Å²) in [6, 6.07) is 9.49. The van der Waals surface area contributed by atoms with E-state index in [1.54, 1.807) is 13.0 Å². The number of carbonyl (C=O) groups excluding carboxylic acids is 2. The largest absolute Gasteiger partial charge is 0.283 e. The number of nitrogens with zero attached hydrogens (tertiary/aromatic N) is 2. The van der Waals surface area contributed by atoms with E-state index in [4.69, 9.17) is 0 Å². The first-order valence-corrected chi connectivity index (χ1v) is 6.65.